The van der Waals surface area contributed by atoms with Crippen molar-refractivity contribution in [2.45, 2.75) is 12.3 Å². The Labute approximate surface area is 130 Å². The number of nitrogens with zero attached hydrogens (tertiary/aromatic N) is 2. The Morgan fingerprint density at radius 2 is 1.82 bits per heavy atom. The van der Waals surface area contributed by atoms with Crippen LogP contribution in [-0.2, 0) is 6.42 Å². The highest BCUT2D eigenvalue weighted by Gasteiger charge is 2.16. The first-order chi connectivity index (χ1) is 10.7. The number of nitriles is 1. The van der Waals surface area contributed by atoms with Crippen molar-refractivity contribution in [1.82, 2.24) is 0 Å². The van der Waals surface area contributed by atoms with Gasteiger partial charge in [0.25, 0.3) is 0 Å². The molecule has 0 fully saturated rings. The van der Waals surface area contributed by atoms with Crippen LogP contribution in [0.1, 0.15) is 17.0 Å². The molecule has 0 aliphatic carbocycles. The highest BCUT2D eigenvalue weighted by molar-refractivity contribution is 5.48. The van der Waals surface area contributed by atoms with Crippen molar-refractivity contribution >= 4 is 5.69 Å². The molecule has 1 aliphatic rings. The SMILES string of the molecule is CN(C)c1ccc(C(C#N)Cc2ccc3c(c2)OCO3)cc1. The van der Waals surface area contributed by atoms with Crippen molar-refractivity contribution in [1.29, 1.82) is 5.26 Å². The zero-order valence-corrected chi connectivity index (χ0v) is 12.7. The third kappa shape index (κ3) is 2.84. The Morgan fingerprint density at radius 1 is 1.09 bits per heavy atom. The van der Waals surface area contributed by atoms with Gasteiger partial charge in [-0.15, -0.1) is 0 Å². The summed E-state index contributed by atoms with van der Waals surface area (Å²) in [5.74, 6) is 1.36. The van der Waals surface area contributed by atoms with Gasteiger partial charge in [0.1, 0.15) is 0 Å². The zero-order valence-electron chi connectivity index (χ0n) is 12.7. The number of hydrogen-bond acceptors (Lipinski definition) is 4. The summed E-state index contributed by atoms with van der Waals surface area (Å²) in [7, 11) is 4.01. The maximum absolute atomic E-state index is 9.50. The molecule has 4 heteroatoms. The van der Waals surface area contributed by atoms with Crippen LogP contribution in [0.3, 0.4) is 0 Å². The van der Waals surface area contributed by atoms with Gasteiger partial charge in [-0.2, -0.15) is 5.26 Å². The molecule has 22 heavy (non-hydrogen) atoms. The van der Waals surface area contributed by atoms with Crippen LogP contribution in [0.2, 0.25) is 0 Å². The second-order valence-electron chi connectivity index (χ2n) is 5.56. The molecule has 2 aromatic carbocycles. The van der Waals surface area contributed by atoms with E-state index in [2.05, 4.69) is 6.07 Å². The molecule has 1 atom stereocenters. The second-order valence-corrected chi connectivity index (χ2v) is 5.56. The van der Waals surface area contributed by atoms with Gasteiger partial charge < -0.3 is 14.4 Å². The predicted octanol–water partition coefficient (Wildman–Crippen LogP) is 3.33. The molecular weight excluding hydrogens is 276 g/mol. The quantitative estimate of drug-likeness (QED) is 0.867. The zero-order chi connectivity index (χ0) is 15.5. The van der Waals surface area contributed by atoms with Crippen LogP contribution < -0.4 is 14.4 Å². The van der Waals surface area contributed by atoms with E-state index in [4.69, 9.17) is 9.47 Å². The number of hydrogen-bond donors (Lipinski definition) is 0. The van der Waals surface area contributed by atoms with E-state index in [-0.39, 0.29) is 12.7 Å². The summed E-state index contributed by atoms with van der Waals surface area (Å²) in [5.41, 5.74) is 3.24. The Balaban J connectivity index is 1.78. The van der Waals surface area contributed by atoms with Gasteiger partial charge in [0, 0.05) is 19.8 Å². The first-order valence-corrected chi connectivity index (χ1v) is 7.23. The average molecular weight is 294 g/mol. The van der Waals surface area contributed by atoms with Gasteiger partial charge in [0.05, 0.1) is 12.0 Å². The number of benzene rings is 2. The predicted molar refractivity (Wildman–Crippen MR) is 85.4 cm³/mol. The minimum atomic E-state index is -0.170. The van der Waals surface area contributed by atoms with Crippen molar-refractivity contribution < 1.29 is 9.47 Å². The lowest BCUT2D eigenvalue weighted by Gasteiger charge is -2.15. The standard InChI is InChI=1S/C18H18N2O2/c1-20(2)16-6-4-14(5-7-16)15(11-19)9-13-3-8-17-18(10-13)22-12-21-17/h3-8,10,15H,9,12H2,1-2H3. The van der Waals surface area contributed by atoms with E-state index in [1.54, 1.807) is 0 Å². The molecule has 1 aliphatic heterocycles. The Bertz CT molecular complexity index is 702. The van der Waals surface area contributed by atoms with Crippen LogP contribution in [0.5, 0.6) is 11.5 Å². The van der Waals surface area contributed by atoms with Crippen molar-refractivity contribution in [2.24, 2.45) is 0 Å². The highest BCUT2D eigenvalue weighted by Crippen LogP contribution is 2.34. The summed E-state index contributed by atoms with van der Waals surface area (Å²) < 4.78 is 10.7. The van der Waals surface area contributed by atoms with Gasteiger partial charge in [-0.25, -0.2) is 0 Å². The molecule has 1 heterocycles. The normalized spacial score (nSPS) is 13.5. The minimum Gasteiger partial charge on any atom is -0.454 e. The van der Waals surface area contributed by atoms with Gasteiger partial charge in [-0.05, 0) is 41.8 Å². The molecule has 0 amide bonds. The average Bonchev–Trinajstić information content (AvgIpc) is 3.00. The molecule has 0 aromatic heterocycles. The third-order valence-corrected chi connectivity index (χ3v) is 3.84. The molecule has 1 unspecified atom stereocenters. The molecule has 3 rings (SSSR count). The van der Waals surface area contributed by atoms with E-state index in [1.165, 1.54) is 0 Å². The molecule has 0 saturated heterocycles. The summed E-state index contributed by atoms with van der Waals surface area (Å²) >= 11 is 0. The van der Waals surface area contributed by atoms with Gasteiger partial charge in [-0.3, -0.25) is 0 Å². The smallest absolute Gasteiger partial charge is 0.231 e. The van der Waals surface area contributed by atoms with E-state index in [0.717, 1.165) is 28.3 Å². The maximum Gasteiger partial charge on any atom is 0.231 e. The Morgan fingerprint density at radius 3 is 2.50 bits per heavy atom. The monoisotopic (exact) mass is 294 g/mol. The second kappa shape index (κ2) is 5.98. The van der Waals surface area contributed by atoms with Gasteiger partial charge in [-0.1, -0.05) is 18.2 Å². The van der Waals surface area contributed by atoms with Crippen molar-refractivity contribution in [3.05, 3.63) is 53.6 Å². The lowest BCUT2D eigenvalue weighted by Crippen LogP contribution is -2.08. The summed E-state index contributed by atoms with van der Waals surface area (Å²) in [6.45, 7) is 0.270. The molecule has 0 radical (unpaired) electrons. The van der Waals surface area contributed by atoms with Crippen LogP contribution in [0.25, 0.3) is 0 Å². The van der Waals surface area contributed by atoms with Crippen molar-refractivity contribution in [2.75, 3.05) is 25.8 Å². The number of rotatable bonds is 4. The van der Waals surface area contributed by atoms with Gasteiger partial charge in [0.15, 0.2) is 11.5 Å². The van der Waals surface area contributed by atoms with Crippen molar-refractivity contribution in [3.63, 3.8) is 0 Å². The van der Waals surface area contributed by atoms with E-state index in [1.807, 2.05) is 61.5 Å². The Hall–Kier alpha value is -2.67. The van der Waals surface area contributed by atoms with E-state index < -0.39 is 0 Å². The lowest BCUT2D eigenvalue weighted by molar-refractivity contribution is 0.174. The van der Waals surface area contributed by atoms with E-state index in [9.17, 15) is 5.26 Å². The first-order valence-electron chi connectivity index (χ1n) is 7.23. The van der Waals surface area contributed by atoms with Gasteiger partial charge in [0.2, 0.25) is 6.79 Å². The van der Waals surface area contributed by atoms with Crippen LogP contribution in [-0.4, -0.2) is 20.9 Å². The van der Waals surface area contributed by atoms with E-state index >= 15 is 0 Å². The molecule has 0 N–H and O–H groups in total. The molecule has 4 nitrogen and oxygen atoms in total. The molecule has 0 saturated carbocycles. The minimum absolute atomic E-state index is 0.170. The summed E-state index contributed by atoms with van der Waals surface area (Å²) in [4.78, 5) is 2.04. The highest BCUT2D eigenvalue weighted by atomic mass is 16.7. The lowest BCUT2D eigenvalue weighted by atomic mass is 9.93. The third-order valence-electron chi connectivity index (χ3n) is 3.84. The fraction of sp³-hybridized carbons (Fsp3) is 0.278. The summed E-state index contributed by atoms with van der Waals surface area (Å²) in [6, 6.07) is 16.4. The number of fused-ring (bicyclic) bond motifs is 1. The Kier molecular flexibility index (Phi) is 3.88. The van der Waals surface area contributed by atoms with Gasteiger partial charge >= 0.3 is 0 Å². The summed E-state index contributed by atoms with van der Waals surface area (Å²) in [5, 5.41) is 9.50. The summed E-state index contributed by atoms with van der Waals surface area (Å²) in [6.07, 6.45) is 0.661. The molecule has 0 spiro atoms. The van der Waals surface area contributed by atoms with E-state index in [0.29, 0.717) is 6.42 Å². The van der Waals surface area contributed by atoms with Crippen LogP contribution in [0.4, 0.5) is 5.69 Å². The fourth-order valence-electron chi connectivity index (χ4n) is 2.55. The topological polar surface area (TPSA) is 45.5 Å². The van der Waals surface area contributed by atoms with Crippen molar-refractivity contribution in [3.8, 4) is 17.6 Å². The molecule has 112 valence electrons. The number of ether oxygens (including phenoxy) is 2. The maximum atomic E-state index is 9.50. The van der Waals surface area contributed by atoms with Crippen LogP contribution in [0.15, 0.2) is 42.5 Å². The van der Waals surface area contributed by atoms with Crippen LogP contribution >= 0.6 is 0 Å². The molecular formula is C18H18N2O2. The largest absolute Gasteiger partial charge is 0.454 e. The fourth-order valence-corrected chi connectivity index (χ4v) is 2.55. The number of anilines is 1. The molecule has 2 aromatic rings. The molecule has 0 bridgehead atoms. The first kappa shape index (κ1) is 14.3. The van der Waals surface area contributed by atoms with Crippen LogP contribution in [0, 0.1) is 11.3 Å².